The van der Waals surface area contributed by atoms with E-state index >= 15 is 0 Å². The first-order valence-corrected chi connectivity index (χ1v) is 8.08. The molecular weight excluding hydrogens is 361 g/mol. The van der Waals surface area contributed by atoms with E-state index < -0.39 is 0 Å². The van der Waals surface area contributed by atoms with Crippen LogP contribution in [-0.2, 0) is 0 Å². The standard InChI is InChI=1S/C16H16IN3/c1-20-8-4-7-13(20)11-9-18-16(17)15-14(11)10-5-2-3-6-12(10)19-15/h2-3,5-6,9,13,19H,4,7-8H2,1H3/t13-/m0/s1. The molecule has 1 aliphatic rings. The van der Waals surface area contributed by atoms with Crippen molar-refractivity contribution in [3.05, 3.63) is 39.7 Å². The summed E-state index contributed by atoms with van der Waals surface area (Å²) in [5, 5.41) is 2.68. The van der Waals surface area contributed by atoms with Crippen molar-refractivity contribution in [3.63, 3.8) is 0 Å². The number of rotatable bonds is 1. The van der Waals surface area contributed by atoms with E-state index in [-0.39, 0.29) is 0 Å². The Morgan fingerprint density at radius 3 is 3.00 bits per heavy atom. The summed E-state index contributed by atoms with van der Waals surface area (Å²) in [6.45, 7) is 1.18. The predicted molar refractivity (Wildman–Crippen MR) is 90.9 cm³/mol. The Bertz CT molecular complexity index is 793. The first-order valence-electron chi connectivity index (χ1n) is 7.01. The quantitative estimate of drug-likeness (QED) is 0.512. The molecule has 1 saturated heterocycles. The maximum absolute atomic E-state index is 4.61. The van der Waals surface area contributed by atoms with E-state index in [4.69, 9.17) is 0 Å². The number of para-hydroxylation sites is 1. The number of nitrogens with zero attached hydrogens (tertiary/aromatic N) is 2. The molecule has 0 saturated carbocycles. The molecule has 0 spiro atoms. The minimum Gasteiger partial charge on any atom is -0.352 e. The van der Waals surface area contributed by atoms with Crippen LogP contribution in [0.4, 0.5) is 0 Å². The van der Waals surface area contributed by atoms with Gasteiger partial charge in [-0.15, -0.1) is 0 Å². The second-order valence-corrected chi connectivity index (χ2v) is 6.59. The summed E-state index contributed by atoms with van der Waals surface area (Å²) >= 11 is 2.32. The Labute approximate surface area is 131 Å². The average molecular weight is 377 g/mol. The molecule has 1 aliphatic heterocycles. The van der Waals surface area contributed by atoms with Gasteiger partial charge in [-0.05, 0) is 60.7 Å². The van der Waals surface area contributed by atoms with Crippen molar-refractivity contribution in [2.75, 3.05) is 13.6 Å². The highest BCUT2D eigenvalue weighted by molar-refractivity contribution is 14.1. The van der Waals surface area contributed by atoms with Crippen LogP contribution < -0.4 is 0 Å². The number of nitrogens with one attached hydrogen (secondary N) is 1. The minimum absolute atomic E-state index is 0.501. The highest BCUT2D eigenvalue weighted by atomic mass is 127. The molecule has 1 N–H and O–H groups in total. The lowest BCUT2D eigenvalue weighted by atomic mass is 10.0. The second kappa shape index (κ2) is 4.70. The number of pyridine rings is 1. The van der Waals surface area contributed by atoms with Crippen molar-refractivity contribution in [2.24, 2.45) is 0 Å². The summed E-state index contributed by atoms with van der Waals surface area (Å²) in [6, 6.07) is 9.06. The third-order valence-corrected chi connectivity index (χ3v) is 5.22. The molecular formula is C16H16IN3. The maximum atomic E-state index is 4.61. The third kappa shape index (κ3) is 1.78. The zero-order valence-corrected chi connectivity index (χ0v) is 13.5. The molecule has 0 radical (unpaired) electrons. The van der Waals surface area contributed by atoms with Crippen molar-refractivity contribution in [3.8, 4) is 0 Å². The minimum atomic E-state index is 0.501. The molecule has 3 heterocycles. The van der Waals surface area contributed by atoms with Crippen molar-refractivity contribution >= 4 is 44.4 Å². The summed E-state index contributed by atoms with van der Waals surface area (Å²) in [4.78, 5) is 10.6. The largest absolute Gasteiger partial charge is 0.352 e. The smallest absolute Gasteiger partial charge is 0.125 e. The van der Waals surface area contributed by atoms with Crippen molar-refractivity contribution < 1.29 is 0 Å². The molecule has 102 valence electrons. The highest BCUT2D eigenvalue weighted by Crippen LogP contribution is 2.38. The predicted octanol–water partition coefficient (Wildman–Crippen LogP) is 4.09. The van der Waals surface area contributed by atoms with Gasteiger partial charge >= 0.3 is 0 Å². The lowest BCUT2D eigenvalue weighted by Crippen LogP contribution is -2.18. The SMILES string of the molecule is CN1CCC[C@H]1c1cnc(I)c2[nH]c3ccccc3c12. The van der Waals surface area contributed by atoms with Gasteiger partial charge < -0.3 is 4.98 Å². The Balaban J connectivity index is 2.08. The zero-order chi connectivity index (χ0) is 13.7. The Morgan fingerprint density at radius 1 is 1.35 bits per heavy atom. The summed E-state index contributed by atoms with van der Waals surface area (Å²) in [6.07, 6.45) is 4.58. The number of fused-ring (bicyclic) bond motifs is 3. The first kappa shape index (κ1) is 12.6. The number of aromatic amines is 1. The fraction of sp³-hybridized carbons (Fsp3) is 0.312. The van der Waals surface area contributed by atoms with Crippen LogP contribution in [-0.4, -0.2) is 28.5 Å². The van der Waals surface area contributed by atoms with E-state index in [9.17, 15) is 0 Å². The van der Waals surface area contributed by atoms with E-state index in [1.54, 1.807) is 0 Å². The van der Waals surface area contributed by atoms with Gasteiger partial charge in [-0.2, -0.15) is 0 Å². The first-order chi connectivity index (χ1) is 9.75. The van der Waals surface area contributed by atoms with Crippen LogP contribution in [0.2, 0.25) is 0 Å². The molecule has 0 bridgehead atoms. The number of likely N-dealkylation sites (tertiary alicyclic amines) is 1. The normalized spacial score (nSPS) is 20.2. The number of hydrogen-bond donors (Lipinski definition) is 1. The number of H-pyrrole nitrogens is 1. The third-order valence-electron chi connectivity index (χ3n) is 4.40. The lowest BCUT2D eigenvalue weighted by Gasteiger charge is -2.20. The monoisotopic (exact) mass is 377 g/mol. The van der Waals surface area contributed by atoms with Crippen LogP contribution in [0.3, 0.4) is 0 Å². The number of aromatic nitrogens is 2. The number of hydrogen-bond acceptors (Lipinski definition) is 2. The van der Waals surface area contributed by atoms with E-state index in [0.29, 0.717) is 6.04 Å². The molecule has 1 fully saturated rings. The summed E-state index contributed by atoms with van der Waals surface area (Å²) in [5.74, 6) is 0. The molecule has 0 amide bonds. The van der Waals surface area contributed by atoms with Gasteiger partial charge in [0, 0.05) is 28.5 Å². The second-order valence-electron chi connectivity index (χ2n) is 5.56. The molecule has 3 aromatic rings. The Kier molecular flexibility index (Phi) is 2.96. The van der Waals surface area contributed by atoms with Gasteiger partial charge in [-0.3, -0.25) is 4.90 Å². The van der Waals surface area contributed by atoms with Gasteiger partial charge in [0.05, 0.1) is 5.52 Å². The summed E-state index contributed by atoms with van der Waals surface area (Å²) < 4.78 is 1.05. The van der Waals surface area contributed by atoms with Gasteiger partial charge in [0.2, 0.25) is 0 Å². The molecule has 4 heteroatoms. The van der Waals surface area contributed by atoms with Gasteiger partial charge in [0.25, 0.3) is 0 Å². The molecule has 2 aromatic heterocycles. The number of benzene rings is 1. The fourth-order valence-corrected chi connectivity index (χ4v) is 3.95. The van der Waals surface area contributed by atoms with E-state index in [1.807, 2.05) is 0 Å². The molecule has 20 heavy (non-hydrogen) atoms. The van der Waals surface area contributed by atoms with Crippen LogP contribution in [0.5, 0.6) is 0 Å². The van der Waals surface area contributed by atoms with Crippen molar-refractivity contribution in [1.82, 2.24) is 14.9 Å². The average Bonchev–Trinajstić information content (AvgIpc) is 3.04. The van der Waals surface area contributed by atoms with Crippen LogP contribution in [0.25, 0.3) is 21.8 Å². The van der Waals surface area contributed by atoms with E-state index in [1.165, 1.54) is 46.8 Å². The lowest BCUT2D eigenvalue weighted by molar-refractivity contribution is 0.318. The van der Waals surface area contributed by atoms with Gasteiger partial charge in [-0.25, -0.2) is 4.98 Å². The van der Waals surface area contributed by atoms with Crippen molar-refractivity contribution in [2.45, 2.75) is 18.9 Å². The molecule has 0 aliphatic carbocycles. The summed E-state index contributed by atoms with van der Waals surface area (Å²) in [5.41, 5.74) is 3.76. The maximum Gasteiger partial charge on any atom is 0.125 e. The molecule has 4 rings (SSSR count). The van der Waals surface area contributed by atoms with Gasteiger partial charge in [0.15, 0.2) is 0 Å². The summed E-state index contributed by atoms with van der Waals surface area (Å²) in [7, 11) is 2.22. The molecule has 1 atom stereocenters. The zero-order valence-electron chi connectivity index (χ0n) is 11.4. The van der Waals surface area contributed by atoms with Crippen LogP contribution in [0.15, 0.2) is 30.5 Å². The molecule has 1 aromatic carbocycles. The van der Waals surface area contributed by atoms with Crippen LogP contribution in [0.1, 0.15) is 24.4 Å². The fourth-order valence-electron chi connectivity index (χ4n) is 3.41. The Morgan fingerprint density at radius 2 is 2.20 bits per heavy atom. The highest BCUT2D eigenvalue weighted by Gasteiger charge is 2.26. The molecule has 0 unspecified atom stereocenters. The Hall–Kier alpha value is -1.14. The van der Waals surface area contributed by atoms with Crippen LogP contribution in [0, 0.1) is 3.70 Å². The van der Waals surface area contributed by atoms with E-state index in [2.05, 4.69) is 75.0 Å². The van der Waals surface area contributed by atoms with Gasteiger partial charge in [-0.1, -0.05) is 18.2 Å². The van der Waals surface area contributed by atoms with Gasteiger partial charge in [0.1, 0.15) is 3.70 Å². The number of halogens is 1. The topological polar surface area (TPSA) is 31.9 Å². The van der Waals surface area contributed by atoms with Crippen molar-refractivity contribution in [1.29, 1.82) is 0 Å². The van der Waals surface area contributed by atoms with E-state index in [0.717, 1.165) is 3.70 Å². The molecule has 3 nitrogen and oxygen atoms in total. The van der Waals surface area contributed by atoms with Crippen LogP contribution >= 0.6 is 22.6 Å².